The number of hydrogen-bond acceptors (Lipinski definition) is 14. The minimum absolute atomic E-state index is 0.0995. The minimum atomic E-state index is -1.69. The Morgan fingerprint density at radius 2 is 1.56 bits per heavy atom. The zero-order chi connectivity index (χ0) is 28.0. The number of ether oxygens (including phenoxy) is 6. The van der Waals surface area contributed by atoms with Crippen LogP contribution < -0.4 is 14.2 Å². The predicted molar refractivity (Wildman–Crippen MR) is 130 cm³/mol. The molecule has 2 fully saturated rings. The van der Waals surface area contributed by atoms with Gasteiger partial charge in [-0.05, 0) is 25.1 Å². The summed E-state index contributed by atoms with van der Waals surface area (Å²) in [6.07, 6.45) is -13.1. The highest BCUT2D eigenvalue weighted by molar-refractivity contribution is 6.02. The normalized spacial score (nSPS) is 35.3. The first kappa shape index (κ1) is 27.8. The quantitative estimate of drug-likeness (QED) is 0.208. The molecule has 0 bridgehead atoms. The van der Waals surface area contributed by atoms with Gasteiger partial charge in [0, 0.05) is 5.39 Å². The summed E-state index contributed by atoms with van der Waals surface area (Å²) in [4.78, 5) is 4.51. The van der Waals surface area contributed by atoms with Gasteiger partial charge in [-0.2, -0.15) is 0 Å². The Morgan fingerprint density at radius 3 is 2.26 bits per heavy atom. The van der Waals surface area contributed by atoms with Gasteiger partial charge in [-0.1, -0.05) is 0 Å². The van der Waals surface area contributed by atoms with Crippen LogP contribution >= 0.6 is 0 Å². The molecule has 214 valence electrons. The molecule has 0 radical (unpaired) electrons. The Kier molecular flexibility index (Phi) is 7.83. The van der Waals surface area contributed by atoms with Gasteiger partial charge in [-0.25, -0.2) is 4.98 Å². The van der Waals surface area contributed by atoms with Crippen LogP contribution in [0.25, 0.3) is 22.0 Å². The highest BCUT2D eigenvalue weighted by atomic mass is 16.7. The third-order valence-corrected chi connectivity index (χ3v) is 7.02. The molecule has 6 N–H and O–H groups in total. The molecule has 39 heavy (non-hydrogen) atoms. The lowest BCUT2D eigenvalue weighted by molar-refractivity contribution is -0.349. The summed E-state index contributed by atoms with van der Waals surface area (Å²) < 4.78 is 39.3. The lowest BCUT2D eigenvalue weighted by atomic mass is 9.97. The van der Waals surface area contributed by atoms with E-state index < -0.39 is 68.0 Å². The van der Waals surface area contributed by atoms with Crippen molar-refractivity contribution in [1.82, 2.24) is 4.98 Å². The summed E-state index contributed by atoms with van der Waals surface area (Å²) in [6.45, 7) is 0.796. The Bertz CT molecular complexity index is 1300. The fourth-order valence-electron chi connectivity index (χ4n) is 4.88. The molecule has 2 saturated heterocycles. The number of aliphatic hydroxyl groups excluding tert-OH is 6. The van der Waals surface area contributed by atoms with Crippen LogP contribution in [0.2, 0.25) is 0 Å². The van der Waals surface area contributed by atoms with E-state index in [9.17, 15) is 30.6 Å². The van der Waals surface area contributed by atoms with Crippen LogP contribution in [0.1, 0.15) is 6.92 Å². The van der Waals surface area contributed by atoms with E-state index in [4.69, 9.17) is 32.8 Å². The molecule has 0 saturated carbocycles. The van der Waals surface area contributed by atoms with E-state index in [2.05, 4.69) is 4.98 Å². The van der Waals surface area contributed by atoms with Crippen molar-refractivity contribution in [3.8, 4) is 17.2 Å². The molecular formula is C25H31NO13. The molecule has 0 amide bonds. The van der Waals surface area contributed by atoms with Crippen LogP contribution in [0.15, 0.2) is 28.9 Å². The van der Waals surface area contributed by atoms with Crippen LogP contribution in [-0.2, 0) is 14.2 Å². The summed E-state index contributed by atoms with van der Waals surface area (Å²) in [5.41, 5.74) is 0.639. The van der Waals surface area contributed by atoms with E-state index in [1.54, 1.807) is 18.2 Å². The second-order valence-electron chi connectivity index (χ2n) is 9.38. The lowest BCUT2D eigenvalue weighted by Crippen LogP contribution is -2.64. The highest BCUT2D eigenvalue weighted by Gasteiger charge is 2.51. The average Bonchev–Trinajstić information content (AvgIpc) is 3.40. The minimum Gasteiger partial charge on any atom is -0.495 e. The van der Waals surface area contributed by atoms with Gasteiger partial charge in [0.05, 0.1) is 38.6 Å². The summed E-state index contributed by atoms with van der Waals surface area (Å²) >= 11 is 0. The third kappa shape index (κ3) is 4.77. The molecule has 2 aliphatic heterocycles. The number of aliphatic hydroxyl groups is 6. The van der Waals surface area contributed by atoms with Crippen LogP contribution in [-0.4, -0.2) is 118 Å². The second-order valence-corrected chi connectivity index (χ2v) is 9.38. The van der Waals surface area contributed by atoms with Crippen LogP contribution in [0, 0.1) is 0 Å². The first-order valence-electron chi connectivity index (χ1n) is 12.3. The molecule has 4 heterocycles. The van der Waals surface area contributed by atoms with Crippen LogP contribution in [0.3, 0.4) is 0 Å². The van der Waals surface area contributed by atoms with Crippen molar-refractivity contribution in [1.29, 1.82) is 0 Å². The van der Waals surface area contributed by atoms with Crippen molar-refractivity contribution in [2.24, 2.45) is 0 Å². The van der Waals surface area contributed by atoms with Crippen LogP contribution in [0.4, 0.5) is 0 Å². The standard InChI is InChI=1S/C25H31NO13/c1-9-15(28)17(30)18(31)24(36-9)39-22-16(29)13(8-27)38-25(19(22)32)37-12-5-4-10-14(21(12)34-3)26-23-11(6-7-35-23)20(10)33-2/h4-7,9,13,15-19,22,24-25,27-32H,8H2,1-3H3/t9-,13+,15+,16-,17-,18+,19+,22-,24-,25+/m1/s1. The number of rotatable bonds is 7. The molecule has 2 aliphatic rings. The fraction of sp³-hybridized carbons (Fsp3) is 0.560. The zero-order valence-electron chi connectivity index (χ0n) is 21.3. The number of nitrogens with zero attached hydrogens (tertiary/aromatic N) is 1. The van der Waals surface area contributed by atoms with Crippen molar-refractivity contribution in [3.63, 3.8) is 0 Å². The molecular weight excluding hydrogens is 522 g/mol. The predicted octanol–water partition coefficient (Wildman–Crippen LogP) is -0.971. The van der Waals surface area contributed by atoms with Gasteiger partial charge in [0.1, 0.15) is 54.0 Å². The molecule has 0 aliphatic carbocycles. The Balaban J connectivity index is 1.45. The van der Waals surface area contributed by atoms with Crippen LogP contribution in [0.5, 0.6) is 17.2 Å². The van der Waals surface area contributed by atoms with E-state index in [0.29, 0.717) is 27.8 Å². The first-order chi connectivity index (χ1) is 18.7. The molecule has 5 rings (SSSR count). The first-order valence-corrected chi connectivity index (χ1v) is 12.3. The van der Waals surface area contributed by atoms with Crippen molar-refractivity contribution in [2.45, 2.75) is 68.3 Å². The van der Waals surface area contributed by atoms with Crippen molar-refractivity contribution >= 4 is 22.0 Å². The van der Waals surface area contributed by atoms with Gasteiger partial charge in [-0.3, -0.25) is 0 Å². The Hall–Kier alpha value is -2.79. The van der Waals surface area contributed by atoms with Gasteiger partial charge in [-0.15, -0.1) is 0 Å². The van der Waals surface area contributed by atoms with E-state index in [-0.39, 0.29) is 11.5 Å². The molecule has 0 unspecified atom stereocenters. The van der Waals surface area contributed by atoms with E-state index in [1.165, 1.54) is 27.4 Å². The third-order valence-electron chi connectivity index (χ3n) is 7.02. The summed E-state index contributed by atoms with van der Waals surface area (Å²) in [6, 6.07) is 4.95. The maximum atomic E-state index is 11.1. The van der Waals surface area contributed by atoms with Gasteiger partial charge in [0.25, 0.3) is 0 Å². The summed E-state index contributed by atoms with van der Waals surface area (Å²) in [5, 5.41) is 63.3. The number of fused-ring (bicyclic) bond motifs is 2. The van der Waals surface area contributed by atoms with E-state index in [1.807, 2.05) is 0 Å². The number of methoxy groups -OCH3 is 2. The second kappa shape index (κ2) is 11.0. The zero-order valence-corrected chi connectivity index (χ0v) is 21.3. The highest BCUT2D eigenvalue weighted by Crippen LogP contribution is 2.42. The van der Waals surface area contributed by atoms with Gasteiger partial charge < -0.3 is 63.5 Å². The Labute approximate surface area is 221 Å². The average molecular weight is 554 g/mol. The lowest BCUT2D eigenvalue weighted by Gasteiger charge is -2.45. The maximum absolute atomic E-state index is 11.1. The smallest absolute Gasteiger partial charge is 0.230 e. The SMILES string of the molecule is COc1c2ccoc2nc2c(OC)c(O[C@H]3O[C@@H](CO)[C@@H](O)[C@@H](O[C@H]4O[C@H](C)[C@H](O)[C@@H](O)[C@@H]4O)[C@@H]3O)ccc12. The fourth-order valence-corrected chi connectivity index (χ4v) is 4.88. The van der Waals surface area contributed by atoms with E-state index in [0.717, 1.165) is 0 Å². The molecule has 14 nitrogen and oxygen atoms in total. The number of hydrogen-bond donors (Lipinski definition) is 6. The molecule has 10 atom stereocenters. The molecule has 2 aromatic heterocycles. The van der Waals surface area contributed by atoms with Crippen molar-refractivity contribution in [3.05, 3.63) is 24.5 Å². The largest absolute Gasteiger partial charge is 0.495 e. The van der Waals surface area contributed by atoms with Gasteiger partial charge in [0.2, 0.25) is 12.0 Å². The Morgan fingerprint density at radius 1 is 0.821 bits per heavy atom. The van der Waals surface area contributed by atoms with Crippen molar-refractivity contribution in [2.75, 3.05) is 20.8 Å². The number of benzene rings is 1. The molecule has 1 aromatic carbocycles. The number of furan rings is 1. The number of pyridine rings is 1. The number of aromatic nitrogens is 1. The van der Waals surface area contributed by atoms with E-state index >= 15 is 0 Å². The molecule has 3 aromatic rings. The molecule has 0 spiro atoms. The molecule has 14 heteroatoms. The monoisotopic (exact) mass is 553 g/mol. The van der Waals surface area contributed by atoms with Crippen molar-refractivity contribution < 1.29 is 63.5 Å². The maximum Gasteiger partial charge on any atom is 0.230 e. The summed E-state index contributed by atoms with van der Waals surface area (Å²) in [7, 11) is 2.91. The topological polar surface area (TPSA) is 203 Å². The summed E-state index contributed by atoms with van der Waals surface area (Å²) in [5.74, 6) is 0.774. The van der Waals surface area contributed by atoms with Gasteiger partial charge >= 0.3 is 0 Å². The van der Waals surface area contributed by atoms with Gasteiger partial charge in [0.15, 0.2) is 17.8 Å².